The van der Waals surface area contributed by atoms with E-state index in [0.717, 1.165) is 0 Å². The molecule has 6 nitrogen and oxygen atoms in total. The Balaban J connectivity index is 0. The largest absolute Gasteiger partial charge is 0.497 e. The van der Waals surface area contributed by atoms with Crippen LogP contribution in [0.2, 0.25) is 0 Å². The number of anilines is 1. The van der Waals surface area contributed by atoms with Crippen LogP contribution in [0.3, 0.4) is 0 Å². The van der Waals surface area contributed by atoms with E-state index in [1.54, 1.807) is 24.3 Å². The summed E-state index contributed by atoms with van der Waals surface area (Å²) >= 11 is 0. The number of rotatable bonds is 3. The van der Waals surface area contributed by atoms with E-state index in [9.17, 15) is 9.59 Å². The molecule has 23 heavy (non-hydrogen) atoms. The Labute approximate surface area is 164 Å². The van der Waals surface area contributed by atoms with Crippen LogP contribution in [0.1, 0.15) is 20.7 Å². The summed E-state index contributed by atoms with van der Waals surface area (Å²) in [7, 11) is 1.54. The van der Waals surface area contributed by atoms with Gasteiger partial charge in [0.2, 0.25) is 0 Å². The second-order valence-corrected chi connectivity index (χ2v) is 3.96. The molecule has 0 saturated carbocycles. The van der Waals surface area contributed by atoms with Gasteiger partial charge in [0.1, 0.15) is 5.75 Å². The molecule has 2 aromatic carbocycles. The number of nitrogens with two attached hydrogens (primary N) is 1. The van der Waals surface area contributed by atoms with E-state index in [2.05, 4.69) is 0 Å². The second-order valence-electron chi connectivity index (χ2n) is 3.96. The van der Waals surface area contributed by atoms with Crippen LogP contribution in [0.15, 0.2) is 48.5 Å². The van der Waals surface area contributed by atoms with Gasteiger partial charge in [-0.15, -0.1) is 0 Å². The number of hydrogen-bond acceptors (Lipinski definition) is 4. The number of carboxylic acids is 2. The quantitative estimate of drug-likeness (QED) is 0.437. The van der Waals surface area contributed by atoms with Crippen molar-refractivity contribution in [1.82, 2.24) is 0 Å². The molecule has 2 aromatic rings. The number of methoxy groups -OCH3 is 1. The summed E-state index contributed by atoms with van der Waals surface area (Å²) in [6, 6.07) is 12.3. The minimum Gasteiger partial charge on any atom is -0.497 e. The van der Waals surface area contributed by atoms with Gasteiger partial charge in [0.25, 0.3) is 0 Å². The van der Waals surface area contributed by atoms with Crippen molar-refractivity contribution < 1.29 is 69.3 Å². The fourth-order valence-corrected chi connectivity index (χ4v) is 1.36. The summed E-state index contributed by atoms with van der Waals surface area (Å²) < 4.78 is 4.86. The van der Waals surface area contributed by atoms with Crippen molar-refractivity contribution in [3.05, 3.63) is 59.7 Å². The third-order valence-electron chi connectivity index (χ3n) is 2.49. The monoisotopic (exact) mass is 503 g/mol. The molecule has 0 bridgehead atoms. The number of aromatic carboxylic acids is 2. The third kappa shape index (κ3) is 8.61. The zero-order valence-electron chi connectivity index (χ0n) is 11.9. The first-order valence-electron chi connectivity index (χ1n) is 5.90. The zero-order valence-corrected chi connectivity index (χ0v) is 14.9. The zero-order chi connectivity index (χ0) is 15.8. The molecule has 0 aliphatic rings. The maximum absolute atomic E-state index is 10.4. The summed E-state index contributed by atoms with van der Waals surface area (Å²) in [4.78, 5) is 20.6. The van der Waals surface area contributed by atoms with Gasteiger partial charge in [-0.1, -0.05) is 0 Å². The van der Waals surface area contributed by atoms with Crippen LogP contribution in [-0.4, -0.2) is 29.3 Å². The van der Waals surface area contributed by atoms with Gasteiger partial charge in [-0.3, -0.25) is 0 Å². The van der Waals surface area contributed by atoms with Crippen LogP contribution in [-0.2, 0) is 44.8 Å². The first kappa shape index (κ1) is 23.7. The summed E-state index contributed by atoms with van der Waals surface area (Å²) in [5.74, 6) is -1.19. The average Bonchev–Trinajstić information content (AvgIpc) is 2.48. The van der Waals surface area contributed by atoms with Gasteiger partial charge < -0.3 is 20.7 Å². The van der Waals surface area contributed by atoms with E-state index in [0.29, 0.717) is 11.4 Å². The Bertz CT molecular complexity index is 615. The molecule has 0 saturated heterocycles. The fourth-order valence-electron chi connectivity index (χ4n) is 1.36. The standard InChI is InChI=1S/C8H8O3.C7H7NO2.2Ag/c1-11-7-4-2-6(3-5-7)8(9)10;8-6-3-1-5(2-4-6)7(9)10;;/h2-5H,1H3,(H,9,10);1-4H,8H2,(H,9,10);;. The molecule has 2 rings (SSSR count). The molecule has 0 heterocycles. The van der Waals surface area contributed by atoms with Gasteiger partial charge in [0.15, 0.2) is 0 Å². The average molecular weight is 505 g/mol. The summed E-state index contributed by atoms with van der Waals surface area (Å²) in [6.07, 6.45) is 0. The van der Waals surface area contributed by atoms with E-state index < -0.39 is 11.9 Å². The van der Waals surface area contributed by atoms with E-state index in [1.807, 2.05) is 0 Å². The molecule has 0 spiro atoms. The van der Waals surface area contributed by atoms with Crippen LogP contribution < -0.4 is 10.5 Å². The van der Waals surface area contributed by atoms with Crippen molar-refractivity contribution in [1.29, 1.82) is 0 Å². The maximum atomic E-state index is 10.4. The van der Waals surface area contributed by atoms with Crippen molar-refractivity contribution in [3.8, 4) is 5.75 Å². The Morgan fingerprint density at radius 2 is 1.17 bits per heavy atom. The third-order valence-corrected chi connectivity index (χ3v) is 2.49. The minimum atomic E-state index is -0.931. The topological polar surface area (TPSA) is 110 Å². The van der Waals surface area contributed by atoms with Crippen molar-refractivity contribution in [2.45, 2.75) is 0 Å². The molecule has 0 fully saturated rings. The number of ether oxygens (including phenoxy) is 1. The number of nitrogen functional groups attached to an aromatic ring is 1. The molecule has 132 valence electrons. The van der Waals surface area contributed by atoms with Gasteiger partial charge >= 0.3 is 11.9 Å². The van der Waals surface area contributed by atoms with Crippen molar-refractivity contribution in [2.24, 2.45) is 0 Å². The summed E-state index contributed by atoms with van der Waals surface area (Å²) in [5, 5.41) is 16.9. The van der Waals surface area contributed by atoms with Crippen LogP contribution in [0.4, 0.5) is 5.69 Å². The summed E-state index contributed by atoms with van der Waals surface area (Å²) in [6.45, 7) is 0. The molecule has 0 aliphatic heterocycles. The van der Waals surface area contributed by atoms with Crippen molar-refractivity contribution in [2.75, 3.05) is 12.8 Å². The molecule has 0 unspecified atom stereocenters. The first-order valence-corrected chi connectivity index (χ1v) is 5.90. The molecule has 0 aliphatic carbocycles. The molecular formula is C15H15Ag2NO5. The molecule has 0 aromatic heterocycles. The van der Waals surface area contributed by atoms with Crippen molar-refractivity contribution in [3.63, 3.8) is 0 Å². The van der Waals surface area contributed by atoms with Gasteiger partial charge in [-0.25, -0.2) is 9.59 Å². The predicted octanol–water partition coefficient (Wildman–Crippen LogP) is 2.36. The van der Waals surface area contributed by atoms with Crippen LogP contribution >= 0.6 is 0 Å². The second kappa shape index (κ2) is 12.0. The first-order chi connectivity index (χ1) is 9.93. The van der Waals surface area contributed by atoms with E-state index in [1.165, 1.54) is 31.4 Å². The number of carbonyl (C=O) groups is 2. The van der Waals surface area contributed by atoms with E-state index in [4.69, 9.17) is 20.7 Å². The Kier molecular flexibility index (Phi) is 12.3. The normalized spacial score (nSPS) is 8.39. The van der Waals surface area contributed by atoms with E-state index in [-0.39, 0.29) is 55.9 Å². The Hall–Kier alpha value is -1.54. The number of carboxylic acid groups (broad SMARTS) is 2. The SMILES string of the molecule is COc1ccc(C(=O)O)cc1.Nc1ccc(C(=O)O)cc1.[Ag].[Ag]. The van der Waals surface area contributed by atoms with Crippen LogP contribution in [0.25, 0.3) is 0 Å². The van der Waals surface area contributed by atoms with Gasteiger partial charge in [0.05, 0.1) is 18.2 Å². The molecule has 8 heteroatoms. The van der Waals surface area contributed by atoms with Gasteiger partial charge in [-0.2, -0.15) is 0 Å². The van der Waals surface area contributed by atoms with Crippen molar-refractivity contribution >= 4 is 17.6 Å². The molecule has 0 atom stereocenters. The molecule has 4 N–H and O–H groups in total. The van der Waals surface area contributed by atoms with Crippen LogP contribution in [0, 0.1) is 0 Å². The summed E-state index contributed by atoms with van der Waals surface area (Å²) in [5.41, 5.74) is 6.44. The van der Waals surface area contributed by atoms with Gasteiger partial charge in [-0.05, 0) is 48.5 Å². The van der Waals surface area contributed by atoms with Gasteiger partial charge in [0, 0.05) is 50.4 Å². The van der Waals surface area contributed by atoms with Crippen LogP contribution in [0.5, 0.6) is 5.75 Å². The molecule has 0 amide bonds. The molecular weight excluding hydrogens is 490 g/mol. The Morgan fingerprint density at radius 1 is 0.826 bits per heavy atom. The minimum absolute atomic E-state index is 0. The Morgan fingerprint density at radius 3 is 1.48 bits per heavy atom. The maximum Gasteiger partial charge on any atom is 0.335 e. The number of benzene rings is 2. The predicted molar refractivity (Wildman–Crippen MR) is 77.8 cm³/mol. The fraction of sp³-hybridized carbons (Fsp3) is 0.0667. The molecule has 2 radical (unpaired) electrons. The number of hydrogen-bond donors (Lipinski definition) is 3. The van der Waals surface area contributed by atoms with E-state index >= 15 is 0 Å². The smallest absolute Gasteiger partial charge is 0.335 e.